The van der Waals surface area contributed by atoms with Crippen LogP contribution in [-0.4, -0.2) is 38.8 Å². The van der Waals surface area contributed by atoms with Crippen LogP contribution < -0.4 is 10.6 Å². The van der Waals surface area contributed by atoms with Crippen molar-refractivity contribution < 1.29 is 4.74 Å². The van der Waals surface area contributed by atoms with Crippen molar-refractivity contribution in [2.45, 2.75) is 63.9 Å². The van der Waals surface area contributed by atoms with Gasteiger partial charge >= 0.3 is 0 Å². The molecule has 0 bridgehead atoms. The Balaban J connectivity index is 1.48. The fraction of sp³-hybridized carbons (Fsp3) is 0.938. The van der Waals surface area contributed by atoms with Crippen LogP contribution in [0.4, 0.5) is 0 Å². The van der Waals surface area contributed by atoms with Gasteiger partial charge in [0, 0.05) is 26.7 Å². The number of aliphatic imine (C=N–C) groups is 1. The Bertz CT molecular complexity index is 281. The molecule has 1 saturated carbocycles. The van der Waals surface area contributed by atoms with E-state index in [0.29, 0.717) is 6.10 Å². The van der Waals surface area contributed by atoms with Crippen LogP contribution in [-0.2, 0) is 4.74 Å². The maximum Gasteiger partial charge on any atom is 0.190 e. The number of hydrogen-bond donors (Lipinski definition) is 2. The lowest BCUT2D eigenvalue weighted by Gasteiger charge is -2.14. The van der Waals surface area contributed by atoms with Crippen LogP contribution in [0.5, 0.6) is 0 Å². The van der Waals surface area contributed by atoms with Gasteiger partial charge in [0.2, 0.25) is 0 Å². The molecule has 0 aromatic rings. The van der Waals surface area contributed by atoms with Crippen molar-refractivity contribution in [3.63, 3.8) is 0 Å². The summed E-state index contributed by atoms with van der Waals surface area (Å²) in [6, 6.07) is 0. The summed E-state index contributed by atoms with van der Waals surface area (Å²) in [5, 5.41) is 6.80. The Morgan fingerprint density at radius 1 is 1.05 bits per heavy atom. The average molecular weight is 281 g/mol. The third-order valence-corrected chi connectivity index (χ3v) is 4.56. The van der Waals surface area contributed by atoms with Gasteiger partial charge in [-0.2, -0.15) is 0 Å². The smallest absolute Gasteiger partial charge is 0.190 e. The second-order valence-electron chi connectivity index (χ2n) is 6.14. The number of nitrogens with zero attached hydrogens (tertiary/aromatic N) is 1. The molecule has 0 aromatic carbocycles. The molecule has 2 aliphatic rings. The SMILES string of the molecule is CN=C(NCCCC1CCCC1)NCCC1CCCO1. The van der Waals surface area contributed by atoms with Crippen molar-refractivity contribution in [1.29, 1.82) is 0 Å². The van der Waals surface area contributed by atoms with Gasteiger partial charge in [0.1, 0.15) is 0 Å². The zero-order valence-electron chi connectivity index (χ0n) is 13.0. The van der Waals surface area contributed by atoms with E-state index < -0.39 is 0 Å². The first-order valence-electron chi connectivity index (χ1n) is 8.44. The van der Waals surface area contributed by atoms with Crippen LogP contribution in [0.15, 0.2) is 4.99 Å². The number of rotatable bonds is 7. The molecule has 0 aromatic heterocycles. The topological polar surface area (TPSA) is 45.7 Å². The fourth-order valence-corrected chi connectivity index (χ4v) is 3.34. The molecule has 2 rings (SSSR count). The third kappa shape index (κ3) is 5.70. The highest BCUT2D eigenvalue weighted by atomic mass is 16.5. The first kappa shape index (κ1) is 15.6. The first-order chi connectivity index (χ1) is 9.88. The summed E-state index contributed by atoms with van der Waals surface area (Å²) in [7, 11) is 1.85. The molecule has 4 nitrogen and oxygen atoms in total. The monoisotopic (exact) mass is 281 g/mol. The third-order valence-electron chi connectivity index (χ3n) is 4.56. The molecule has 1 aliphatic heterocycles. The summed E-state index contributed by atoms with van der Waals surface area (Å²) in [5.41, 5.74) is 0. The molecule has 1 unspecified atom stereocenters. The van der Waals surface area contributed by atoms with Crippen LogP contribution in [0.1, 0.15) is 57.8 Å². The molecule has 1 atom stereocenters. The van der Waals surface area contributed by atoms with Gasteiger partial charge in [-0.15, -0.1) is 0 Å². The van der Waals surface area contributed by atoms with Crippen LogP contribution >= 0.6 is 0 Å². The second-order valence-corrected chi connectivity index (χ2v) is 6.14. The molecule has 2 N–H and O–H groups in total. The highest BCUT2D eigenvalue weighted by molar-refractivity contribution is 5.79. The average Bonchev–Trinajstić information content (AvgIpc) is 3.14. The summed E-state index contributed by atoms with van der Waals surface area (Å²) in [6.45, 7) is 2.93. The van der Waals surface area contributed by atoms with E-state index in [1.165, 1.54) is 51.4 Å². The van der Waals surface area contributed by atoms with Gasteiger partial charge in [0.05, 0.1) is 6.10 Å². The molecular weight excluding hydrogens is 250 g/mol. The Morgan fingerprint density at radius 2 is 1.85 bits per heavy atom. The van der Waals surface area contributed by atoms with E-state index in [1.807, 2.05) is 7.05 Å². The van der Waals surface area contributed by atoms with Crippen LogP contribution in [0.3, 0.4) is 0 Å². The normalized spacial score (nSPS) is 24.2. The molecule has 1 heterocycles. The van der Waals surface area contributed by atoms with E-state index in [0.717, 1.165) is 38.0 Å². The minimum Gasteiger partial charge on any atom is -0.378 e. The van der Waals surface area contributed by atoms with E-state index in [1.54, 1.807) is 0 Å². The summed E-state index contributed by atoms with van der Waals surface area (Å²) in [6.07, 6.45) is 12.4. The Kier molecular flexibility index (Phi) is 7.20. The van der Waals surface area contributed by atoms with Gasteiger partial charge in [-0.1, -0.05) is 25.7 Å². The van der Waals surface area contributed by atoms with Crippen molar-refractivity contribution >= 4 is 5.96 Å². The van der Waals surface area contributed by atoms with E-state index in [2.05, 4.69) is 15.6 Å². The van der Waals surface area contributed by atoms with Crippen molar-refractivity contribution in [3.05, 3.63) is 0 Å². The predicted molar refractivity (Wildman–Crippen MR) is 84.1 cm³/mol. The summed E-state index contributed by atoms with van der Waals surface area (Å²) >= 11 is 0. The molecule has 0 spiro atoms. The molecule has 0 amide bonds. The number of ether oxygens (including phenoxy) is 1. The van der Waals surface area contributed by atoms with Gasteiger partial charge in [0.25, 0.3) is 0 Å². The van der Waals surface area contributed by atoms with Gasteiger partial charge in [-0.25, -0.2) is 0 Å². The zero-order chi connectivity index (χ0) is 14.0. The minimum atomic E-state index is 0.461. The van der Waals surface area contributed by atoms with Gasteiger partial charge in [-0.3, -0.25) is 4.99 Å². The fourth-order valence-electron chi connectivity index (χ4n) is 3.34. The molecule has 1 aliphatic carbocycles. The minimum absolute atomic E-state index is 0.461. The van der Waals surface area contributed by atoms with Crippen molar-refractivity contribution in [2.75, 3.05) is 26.7 Å². The van der Waals surface area contributed by atoms with Crippen LogP contribution in [0.25, 0.3) is 0 Å². The second kappa shape index (κ2) is 9.22. The van der Waals surface area contributed by atoms with E-state index in [4.69, 9.17) is 4.74 Å². The van der Waals surface area contributed by atoms with Crippen molar-refractivity contribution in [3.8, 4) is 0 Å². The van der Waals surface area contributed by atoms with E-state index >= 15 is 0 Å². The highest BCUT2D eigenvalue weighted by Gasteiger charge is 2.15. The molecule has 20 heavy (non-hydrogen) atoms. The number of hydrogen-bond acceptors (Lipinski definition) is 2. The Hall–Kier alpha value is -0.770. The summed E-state index contributed by atoms with van der Waals surface area (Å²) < 4.78 is 5.62. The Morgan fingerprint density at radius 3 is 2.55 bits per heavy atom. The number of nitrogens with one attached hydrogen (secondary N) is 2. The largest absolute Gasteiger partial charge is 0.378 e. The lowest BCUT2D eigenvalue weighted by atomic mass is 10.0. The van der Waals surface area contributed by atoms with Crippen LogP contribution in [0, 0.1) is 5.92 Å². The van der Waals surface area contributed by atoms with E-state index in [9.17, 15) is 0 Å². The summed E-state index contributed by atoms with van der Waals surface area (Å²) in [5.74, 6) is 1.93. The highest BCUT2D eigenvalue weighted by Crippen LogP contribution is 2.28. The molecule has 2 fully saturated rings. The maximum atomic E-state index is 5.62. The Labute approximate surface area is 123 Å². The first-order valence-corrected chi connectivity index (χ1v) is 8.44. The van der Waals surface area contributed by atoms with Gasteiger partial charge in [0.15, 0.2) is 5.96 Å². The molecule has 1 saturated heterocycles. The quantitative estimate of drug-likeness (QED) is 0.428. The van der Waals surface area contributed by atoms with Gasteiger partial charge < -0.3 is 15.4 Å². The molecule has 116 valence electrons. The number of guanidine groups is 1. The predicted octanol–water partition coefficient (Wildman–Crippen LogP) is 2.69. The summed E-state index contributed by atoms with van der Waals surface area (Å²) in [4.78, 5) is 4.28. The van der Waals surface area contributed by atoms with Crippen molar-refractivity contribution in [1.82, 2.24) is 10.6 Å². The zero-order valence-corrected chi connectivity index (χ0v) is 13.0. The standard InChI is InChI=1S/C16H31N3O/c1-17-16(19-12-10-15-9-5-13-20-15)18-11-4-8-14-6-2-3-7-14/h14-15H,2-13H2,1H3,(H2,17,18,19). The lowest BCUT2D eigenvalue weighted by molar-refractivity contribution is 0.105. The molecular formula is C16H31N3O. The molecule has 4 heteroatoms. The lowest BCUT2D eigenvalue weighted by Crippen LogP contribution is -2.39. The van der Waals surface area contributed by atoms with Crippen molar-refractivity contribution in [2.24, 2.45) is 10.9 Å². The maximum absolute atomic E-state index is 5.62. The van der Waals surface area contributed by atoms with Crippen LogP contribution in [0.2, 0.25) is 0 Å². The van der Waals surface area contributed by atoms with E-state index in [-0.39, 0.29) is 0 Å². The molecule has 0 radical (unpaired) electrons. The van der Waals surface area contributed by atoms with Gasteiger partial charge in [-0.05, 0) is 38.0 Å².